The molecule has 0 radical (unpaired) electrons. The maximum Gasteiger partial charge on any atom is 0.0743 e. The number of aliphatic hydroxyl groups is 1. The highest BCUT2D eigenvalue weighted by Crippen LogP contribution is 2.30. The van der Waals surface area contributed by atoms with Crippen LogP contribution in [-0.2, 0) is 0 Å². The van der Waals surface area contributed by atoms with Gasteiger partial charge in [0.2, 0.25) is 0 Å². The Bertz CT molecular complexity index is 397. The van der Waals surface area contributed by atoms with Crippen LogP contribution >= 0.6 is 22.6 Å². The molecule has 1 aliphatic carbocycles. The minimum atomic E-state index is -0.229. The summed E-state index contributed by atoms with van der Waals surface area (Å²) in [7, 11) is 2.03. The maximum atomic E-state index is 10.1. The van der Waals surface area contributed by atoms with Crippen molar-refractivity contribution in [1.29, 1.82) is 0 Å². The SMILES string of the molecule is CN(c1ccc(I)cc1N)C1CCCCC1O. The van der Waals surface area contributed by atoms with Crippen molar-refractivity contribution in [2.45, 2.75) is 37.8 Å². The highest BCUT2D eigenvalue weighted by molar-refractivity contribution is 14.1. The molecule has 1 saturated carbocycles. The van der Waals surface area contributed by atoms with Gasteiger partial charge in [0, 0.05) is 10.6 Å². The Balaban J connectivity index is 2.20. The van der Waals surface area contributed by atoms with Crippen molar-refractivity contribution in [2.24, 2.45) is 0 Å². The number of nitrogens with two attached hydrogens (primary N) is 1. The first kappa shape index (κ1) is 13.0. The first-order valence-electron chi connectivity index (χ1n) is 6.05. The largest absolute Gasteiger partial charge is 0.397 e. The van der Waals surface area contributed by atoms with Crippen molar-refractivity contribution in [3.63, 3.8) is 0 Å². The Hall–Kier alpha value is -0.490. The number of anilines is 2. The van der Waals surface area contributed by atoms with Crippen LogP contribution in [0.2, 0.25) is 0 Å². The van der Waals surface area contributed by atoms with Crippen LogP contribution in [0.1, 0.15) is 25.7 Å². The van der Waals surface area contributed by atoms with Crippen molar-refractivity contribution in [1.82, 2.24) is 0 Å². The highest BCUT2D eigenvalue weighted by atomic mass is 127. The van der Waals surface area contributed by atoms with Crippen molar-refractivity contribution in [2.75, 3.05) is 17.7 Å². The normalized spacial score (nSPS) is 24.6. The fourth-order valence-corrected chi connectivity index (χ4v) is 3.08. The third-order valence-electron chi connectivity index (χ3n) is 3.56. The minimum Gasteiger partial charge on any atom is -0.397 e. The molecule has 0 heterocycles. The molecule has 17 heavy (non-hydrogen) atoms. The van der Waals surface area contributed by atoms with E-state index in [9.17, 15) is 5.11 Å². The number of hydrogen-bond donors (Lipinski definition) is 2. The van der Waals surface area contributed by atoms with Gasteiger partial charge in [0.25, 0.3) is 0 Å². The first-order chi connectivity index (χ1) is 8.09. The number of hydrogen-bond acceptors (Lipinski definition) is 3. The van der Waals surface area contributed by atoms with Crippen molar-refractivity contribution in [3.8, 4) is 0 Å². The summed E-state index contributed by atoms with van der Waals surface area (Å²) in [5.41, 5.74) is 7.86. The lowest BCUT2D eigenvalue weighted by Crippen LogP contribution is -2.43. The number of likely N-dealkylation sites (N-methyl/N-ethyl adjacent to an activating group) is 1. The van der Waals surface area contributed by atoms with Gasteiger partial charge in [0.15, 0.2) is 0 Å². The van der Waals surface area contributed by atoms with E-state index in [0.29, 0.717) is 0 Å². The van der Waals surface area contributed by atoms with E-state index in [1.807, 2.05) is 19.2 Å². The second-order valence-corrected chi connectivity index (χ2v) is 5.98. The van der Waals surface area contributed by atoms with Crippen molar-refractivity contribution in [3.05, 3.63) is 21.8 Å². The topological polar surface area (TPSA) is 49.5 Å². The van der Waals surface area contributed by atoms with Gasteiger partial charge in [-0.05, 0) is 53.6 Å². The predicted molar refractivity (Wildman–Crippen MR) is 80.2 cm³/mol. The van der Waals surface area contributed by atoms with Gasteiger partial charge < -0.3 is 15.7 Å². The van der Waals surface area contributed by atoms with E-state index in [1.54, 1.807) is 0 Å². The number of nitrogens with zero attached hydrogens (tertiary/aromatic N) is 1. The molecule has 1 fully saturated rings. The molecule has 94 valence electrons. The molecular weight excluding hydrogens is 327 g/mol. The Morgan fingerprint density at radius 3 is 2.71 bits per heavy atom. The van der Waals surface area contributed by atoms with Gasteiger partial charge in [-0.2, -0.15) is 0 Å². The lowest BCUT2D eigenvalue weighted by atomic mass is 9.91. The van der Waals surface area contributed by atoms with E-state index >= 15 is 0 Å². The van der Waals surface area contributed by atoms with E-state index in [2.05, 4.69) is 33.6 Å². The summed E-state index contributed by atoms with van der Waals surface area (Å²) >= 11 is 2.26. The number of nitrogen functional groups attached to an aromatic ring is 1. The van der Waals surface area contributed by atoms with Crippen LogP contribution in [0.25, 0.3) is 0 Å². The molecule has 2 atom stereocenters. The molecule has 0 saturated heterocycles. The van der Waals surface area contributed by atoms with Crippen LogP contribution in [-0.4, -0.2) is 24.3 Å². The van der Waals surface area contributed by atoms with Gasteiger partial charge in [-0.15, -0.1) is 0 Å². The molecule has 1 aliphatic rings. The molecule has 0 spiro atoms. The molecule has 0 amide bonds. The Labute approximate surface area is 116 Å². The van der Waals surface area contributed by atoms with E-state index in [4.69, 9.17) is 5.73 Å². The maximum absolute atomic E-state index is 10.1. The standard InChI is InChI=1S/C13H19IN2O/c1-16(12-4-2-3-5-13(12)17)11-7-6-9(14)8-10(11)15/h6-8,12-13,17H,2-5,15H2,1H3. The fraction of sp³-hybridized carbons (Fsp3) is 0.538. The van der Waals surface area contributed by atoms with Gasteiger partial charge in [0.1, 0.15) is 0 Å². The zero-order valence-electron chi connectivity index (χ0n) is 10.1. The molecule has 0 aliphatic heterocycles. The zero-order chi connectivity index (χ0) is 12.4. The Morgan fingerprint density at radius 1 is 1.35 bits per heavy atom. The van der Waals surface area contributed by atoms with Crippen LogP contribution in [0.4, 0.5) is 11.4 Å². The predicted octanol–water partition coefficient (Wildman–Crippen LogP) is 2.61. The quantitative estimate of drug-likeness (QED) is 0.639. The Kier molecular flexibility index (Phi) is 4.14. The molecule has 3 N–H and O–H groups in total. The second-order valence-electron chi connectivity index (χ2n) is 4.73. The van der Waals surface area contributed by atoms with Crippen molar-refractivity contribution >= 4 is 34.0 Å². The van der Waals surface area contributed by atoms with E-state index in [-0.39, 0.29) is 12.1 Å². The number of rotatable bonds is 2. The minimum absolute atomic E-state index is 0.200. The third-order valence-corrected chi connectivity index (χ3v) is 4.23. The monoisotopic (exact) mass is 346 g/mol. The van der Waals surface area contributed by atoms with Crippen LogP contribution < -0.4 is 10.6 Å². The molecular formula is C13H19IN2O. The molecule has 0 bridgehead atoms. The smallest absolute Gasteiger partial charge is 0.0743 e. The van der Waals surface area contributed by atoms with Gasteiger partial charge in [-0.3, -0.25) is 0 Å². The third kappa shape index (κ3) is 2.85. The molecule has 4 heteroatoms. The van der Waals surface area contributed by atoms with Gasteiger partial charge in [-0.1, -0.05) is 12.8 Å². The van der Waals surface area contributed by atoms with Crippen LogP contribution in [0.5, 0.6) is 0 Å². The van der Waals surface area contributed by atoms with E-state index in [1.165, 1.54) is 6.42 Å². The summed E-state index contributed by atoms with van der Waals surface area (Å²) in [5, 5.41) is 10.1. The summed E-state index contributed by atoms with van der Waals surface area (Å²) in [6.07, 6.45) is 4.04. The summed E-state index contributed by atoms with van der Waals surface area (Å²) < 4.78 is 1.14. The first-order valence-corrected chi connectivity index (χ1v) is 7.13. The van der Waals surface area contributed by atoms with Crippen LogP contribution in [0, 0.1) is 3.57 Å². The zero-order valence-corrected chi connectivity index (χ0v) is 12.2. The molecule has 1 aromatic carbocycles. The average molecular weight is 346 g/mol. The number of benzene rings is 1. The van der Waals surface area contributed by atoms with Crippen LogP contribution in [0.15, 0.2) is 18.2 Å². The lowest BCUT2D eigenvalue weighted by molar-refractivity contribution is 0.106. The van der Waals surface area contributed by atoms with E-state index < -0.39 is 0 Å². The summed E-state index contributed by atoms with van der Waals surface area (Å²) in [5.74, 6) is 0. The lowest BCUT2D eigenvalue weighted by Gasteiger charge is -2.37. The number of halogens is 1. The molecule has 0 aromatic heterocycles. The highest BCUT2D eigenvalue weighted by Gasteiger charge is 2.27. The molecule has 3 nitrogen and oxygen atoms in total. The van der Waals surface area contributed by atoms with E-state index in [0.717, 1.165) is 34.2 Å². The van der Waals surface area contributed by atoms with Gasteiger partial charge in [-0.25, -0.2) is 0 Å². The second kappa shape index (κ2) is 5.44. The number of aliphatic hydroxyl groups excluding tert-OH is 1. The summed E-state index contributed by atoms with van der Waals surface area (Å²) in [6, 6.07) is 6.27. The summed E-state index contributed by atoms with van der Waals surface area (Å²) in [6.45, 7) is 0. The Morgan fingerprint density at radius 2 is 2.06 bits per heavy atom. The van der Waals surface area contributed by atoms with Crippen LogP contribution in [0.3, 0.4) is 0 Å². The van der Waals surface area contributed by atoms with Crippen molar-refractivity contribution < 1.29 is 5.11 Å². The fourth-order valence-electron chi connectivity index (χ4n) is 2.57. The molecule has 2 unspecified atom stereocenters. The average Bonchev–Trinajstić information content (AvgIpc) is 2.29. The molecule has 1 aromatic rings. The molecule has 2 rings (SSSR count). The summed E-state index contributed by atoms with van der Waals surface area (Å²) in [4.78, 5) is 2.13. The van der Waals surface area contributed by atoms with Gasteiger partial charge >= 0.3 is 0 Å². The van der Waals surface area contributed by atoms with Gasteiger partial charge in [0.05, 0.1) is 23.5 Å².